The Bertz CT molecular complexity index is 327. The first-order chi connectivity index (χ1) is 7.33. The Balaban J connectivity index is 3.14. The quantitative estimate of drug-likeness (QED) is 0.748. The van der Waals surface area contributed by atoms with Crippen molar-refractivity contribution < 1.29 is 8.78 Å². The molecule has 0 fully saturated rings. The molecule has 0 bridgehead atoms. The molecule has 0 aliphatic heterocycles. The lowest BCUT2D eigenvalue weighted by Gasteiger charge is -2.23. The molecule has 0 aromatic carbocycles. The van der Waals surface area contributed by atoms with Crippen LogP contribution in [0.2, 0.25) is 0 Å². The monoisotopic (exact) mass is 227 g/mol. The molecule has 1 nitrogen and oxygen atoms in total. The van der Waals surface area contributed by atoms with Crippen molar-refractivity contribution in [2.75, 3.05) is 0 Å². The summed E-state index contributed by atoms with van der Waals surface area (Å²) in [5.41, 5.74) is 0.467. The largest absolute Gasteiger partial charge is 0.289 e. The van der Waals surface area contributed by atoms with Gasteiger partial charge in [-0.05, 0) is 18.6 Å². The zero-order valence-electron chi connectivity index (χ0n) is 10.3. The molecule has 0 aliphatic rings. The van der Waals surface area contributed by atoms with E-state index >= 15 is 0 Å². The molecule has 0 N–H and O–H groups in total. The first-order valence-electron chi connectivity index (χ1n) is 5.69. The number of rotatable bonds is 4. The van der Waals surface area contributed by atoms with Crippen LogP contribution in [0.3, 0.4) is 0 Å². The Labute approximate surface area is 95.9 Å². The van der Waals surface area contributed by atoms with Crippen LogP contribution in [0.1, 0.15) is 51.9 Å². The van der Waals surface area contributed by atoms with Crippen LogP contribution >= 0.6 is 0 Å². The maximum absolute atomic E-state index is 13.5. The number of hydrogen-bond donors (Lipinski definition) is 0. The number of pyridine rings is 1. The second-order valence-corrected chi connectivity index (χ2v) is 4.70. The van der Waals surface area contributed by atoms with Crippen molar-refractivity contribution in [3.63, 3.8) is 0 Å². The Morgan fingerprint density at radius 1 is 1.06 bits per heavy atom. The summed E-state index contributed by atoms with van der Waals surface area (Å²) < 4.78 is 27.0. The third-order valence-electron chi connectivity index (χ3n) is 3.15. The van der Waals surface area contributed by atoms with Crippen LogP contribution in [0.25, 0.3) is 0 Å². The lowest BCUT2D eigenvalue weighted by molar-refractivity contribution is -0.0131. The lowest BCUT2D eigenvalue weighted by Crippen LogP contribution is -2.21. The van der Waals surface area contributed by atoms with Gasteiger partial charge in [0.05, 0.1) is 0 Å². The molecule has 1 heterocycles. The molecule has 0 amide bonds. The predicted molar refractivity (Wildman–Crippen MR) is 61.7 cm³/mol. The third kappa shape index (κ3) is 2.57. The summed E-state index contributed by atoms with van der Waals surface area (Å²) in [4.78, 5) is 4.11. The standard InChI is InChI=1S/C13H19F2N/c1-5-12(3,4)10-8-7-9-11(16-10)13(14,15)6-2/h7-9H,5-6H2,1-4H3. The lowest BCUT2D eigenvalue weighted by atomic mass is 9.86. The van der Waals surface area contributed by atoms with Crippen LogP contribution < -0.4 is 0 Å². The summed E-state index contributed by atoms with van der Waals surface area (Å²) in [5, 5.41) is 0. The van der Waals surface area contributed by atoms with Gasteiger partial charge in [0, 0.05) is 17.5 Å². The summed E-state index contributed by atoms with van der Waals surface area (Å²) in [6, 6.07) is 4.89. The van der Waals surface area contributed by atoms with E-state index in [-0.39, 0.29) is 17.5 Å². The summed E-state index contributed by atoms with van der Waals surface area (Å²) in [7, 11) is 0. The van der Waals surface area contributed by atoms with Crippen molar-refractivity contribution in [1.82, 2.24) is 4.98 Å². The van der Waals surface area contributed by atoms with E-state index in [4.69, 9.17) is 0 Å². The van der Waals surface area contributed by atoms with Gasteiger partial charge < -0.3 is 0 Å². The summed E-state index contributed by atoms with van der Waals surface area (Å²) in [6.45, 7) is 7.54. The summed E-state index contributed by atoms with van der Waals surface area (Å²) >= 11 is 0. The number of aromatic nitrogens is 1. The van der Waals surface area contributed by atoms with E-state index in [1.807, 2.05) is 26.8 Å². The average molecular weight is 227 g/mol. The van der Waals surface area contributed by atoms with E-state index in [0.29, 0.717) is 0 Å². The molecule has 90 valence electrons. The topological polar surface area (TPSA) is 12.9 Å². The van der Waals surface area contributed by atoms with Crippen molar-refractivity contribution in [3.05, 3.63) is 29.6 Å². The molecular formula is C13H19F2N. The number of alkyl halides is 2. The molecular weight excluding hydrogens is 208 g/mol. The first-order valence-corrected chi connectivity index (χ1v) is 5.69. The maximum atomic E-state index is 13.5. The van der Waals surface area contributed by atoms with E-state index in [1.165, 1.54) is 13.0 Å². The van der Waals surface area contributed by atoms with Crippen LogP contribution in [0.4, 0.5) is 8.78 Å². The molecule has 3 heteroatoms. The minimum Gasteiger partial charge on any atom is -0.251 e. The normalized spacial score (nSPS) is 12.9. The van der Waals surface area contributed by atoms with E-state index in [2.05, 4.69) is 4.98 Å². The molecule has 0 aliphatic carbocycles. The molecule has 0 radical (unpaired) electrons. The van der Waals surface area contributed by atoms with Crippen LogP contribution in [-0.2, 0) is 11.3 Å². The molecule has 16 heavy (non-hydrogen) atoms. The number of hydrogen-bond acceptors (Lipinski definition) is 1. The van der Waals surface area contributed by atoms with Crippen molar-refractivity contribution in [1.29, 1.82) is 0 Å². The zero-order valence-corrected chi connectivity index (χ0v) is 10.3. The third-order valence-corrected chi connectivity index (χ3v) is 3.15. The van der Waals surface area contributed by atoms with E-state index < -0.39 is 5.92 Å². The van der Waals surface area contributed by atoms with Crippen LogP contribution in [0.15, 0.2) is 18.2 Å². The minimum absolute atomic E-state index is 0.117. The summed E-state index contributed by atoms with van der Waals surface area (Å²) in [6.07, 6.45) is 0.664. The molecule has 0 saturated heterocycles. The van der Waals surface area contributed by atoms with Gasteiger partial charge in [-0.2, -0.15) is 8.78 Å². The fourth-order valence-corrected chi connectivity index (χ4v) is 1.38. The SMILES string of the molecule is CCC(C)(C)c1cccc(C(F)(F)CC)n1. The van der Waals surface area contributed by atoms with Gasteiger partial charge in [-0.25, -0.2) is 0 Å². The van der Waals surface area contributed by atoms with E-state index in [0.717, 1.165) is 12.1 Å². The van der Waals surface area contributed by atoms with Crippen LogP contribution in [0, 0.1) is 0 Å². The van der Waals surface area contributed by atoms with Gasteiger partial charge in [0.15, 0.2) is 0 Å². The van der Waals surface area contributed by atoms with Gasteiger partial charge in [-0.15, -0.1) is 0 Å². The van der Waals surface area contributed by atoms with E-state index in [1.54, 1.807) is 6.07 Å². The summed E-state index contributed by atoms with van der Waals surface area (Å²) in [5.74, 6) is -2.82. The average Bonchev–Trinajstić information content (AvgIpc) is 2.29. The van der Waals surface area contributed by atoms with Gasteiger partial charge in [0.2, 0.25) is 0 Å². The van der Waals surface area contributed by atoms with Gasteiger partial charge in [-0.1, -0.05) is 33.8 Å². The van der Waals surface area contributed by atoms with E-state index in [9.17, 15) is 8.78 Å². The molecule has 1 aromatic rings. The molecule has 1 rings (SSSR count). The highest BCUT2D eigenvalue weighted by atomic mass is 19.3. The van der Waals surface area contributed by atoms with Crippen molar-refractivity contribution in [2.45, 2.75) is 51.9 Å². The molecule has 0 spiro atoms. The fraction of sp³-hybridized carbons (Fsp3) is 0.615. The van der Waals surface area contributed by atoms with Gasteiger partial charge >= 0.3 is 0 Å². The Morgan fingerprint density at radius 3 is 2.12 bits per heavy atom. The smallest absolute Gasteiger partial charge is 0.251 e. The van der Waals surface area contributed by atoms with Crippen molar-refractivity contribution in [2.24, 2.45) is 0 Å². The second kappa shape index (κ2) is 4.48. The Hall–Kier alpha value is -0.990. The molecule has 0 unspecified atom stereocenters. The highest BCUT2D eigenvalue weighted by Gasteiger charge is 2.32. The maximum Gasteiger partial charge on any atom is 0.289 e. The Kier molecular flexibility index (Phi) is 3.66. The van der Waals surface area contributed by atoms with Gasteiger partial charge in [-0.3, -0.25) is 4.98 Å². The van der Waals surface area contributed by atoms with Crippen molar-refractivity contribution in [3.8, 4) is 0 Å². The predicted octanol–water partition coefficient (Wildman–Crippen LogP) is 4.27. The molecule has 0 atom stereocenters. The first kappa shape index (κ1) is 13.1. The fourth-order valence-electron chi connectivity index (χ4n) is 1.38. The van der Waals surface area contributed by atoms with Gasteiger partial charge in [0.25, 0.3) is 5.92 Å². The number of halogens is 2. The highest BCUT2D eigenvalue weighted by molar-refractivity contribution is 5.20. The highest BCUT2D eigenvalue weighted by Crippen LogP contribution is 2.32. The number of nitrogens with zero attached hydrogens (tertiary/aromatic N) is 1. The van der Waals surface area contributed by atoms with Crippen molar-refractivity contribution >= 4 is 0 Å². The van der Waals surface area contributed by atoms with Crippen LogP contribution in [-0.4, -0.2) is 4.98 Å². The second-order valence-electron chi connectivity index (χ2n) is 4.70. The zero-order chi connectivity index (χ0) is 12.4. The molecule has 1 aromatic heterocycles. The van der Waals surface area contributed by atoms with Crippen LogP contribution in [0.5, 0.6) is 0 Å². The van der Waals surface area contributed by atoms with Gasteiger partial charge in [0.1, 0.15) is 5.69 Å². The minimum atomic E-state index is -2.82. The molecule has 0 saturated carbocycles. The Morgan fingerprint density at radius 2 is 1.62 bits per heavy atom.